The van der Waals surface area contributed by atoms with Gasteiger partial charge in [-0.2, -0.15) is 13.2 Å². The first kappa shape index (κ1) is 13.7. The zero-order valence-corrected chi connectivity index (χ0v) is 8.86. The normalized spacial score (nSPS) is 13.7. The van der Waals surface area contributed by atoms with Gasteiger partial charge in [0.05, 0.1) is 12.1 Å². The average Bonchev–Trinajstić information content (AvgIpc) is 1.78. The summed E-state index contributed by atoms with van der Waals surface area (Å²) < 4.78 is 36.2. The van der Waals surface area contributed by atoms with Gasteiger partial charge in [0, 0.05) is 6.54 Å². The van der Waals surface area contributed by atoms with Crippen LogP contribution in [0.3, 0.4) is 0 Å². The molecule has 86 valence electrons. The summed E-state index contributed by atoms with van der Waals surface area (Å²) in [6.07, 6.45) is -3.55. The Hall–Kier alpha value is -0.290. The number of alkyl halides is 3. The smallest absolute Gasteiger partial charge is 0.389 e. The van der Waals surface area contributed by atoms with Crippen LogP contribution in [0.25, 0.3) is 0 Å². The van der Waals surface area contributed by atoms with Crippen LogP contribution < -0.4 is 0 Å². The Morgan fingerprint density at radius 2 is 1.64 bits per heavy atom. The van der Waals surface area contributed by atoms with Crippen molar-refractivity contribution in [1.29, 1.82) is 0 Å². The van der Waals surface area contributed by atoms with Gasteiger partial charge in [0.15, 0.2) is 0 Å². The van der Waals surface area contributed by atoms with Crippen LogP contribution in [0.4, 0.5) is 13.2 Å². The second-order valence-electron chi connectivity index (χ2n) is 4.14. The molecule has 0 heterocycles. The number of hydrogen-bond donors (Lipinski definition) is 1. The number of halogens is 3. The fourth-order valence-electron chi connectivity index (χ4n) is 1.33. The summed E-state index contributed by atoms with van der Waals surface area (Å²) in [5.74, 6) is 0. The van der Waals surface area contributed by atoms with Crippen LogP contribution in [0.5, 0.6) is 0 Å². The minimum Gasteiger partial charge on any atom is -0.389 e. The summed E-state index contributed by atoms with van der Waals surface area (Å²) in [6.45, 7) is 4.26. The van der Waals surface area contributed by atoms with Crippen LogP contribution in [0.1, 0.15) is 27.2 Å². The molecule has 0 saturated carbocycles. The molecule has 0 unspecified atom stereocenters. The predicted molar refractivity (Wildman–Crippen MR) is 49.1 cm³/mol. The largest absolute Gasteiger partial charge is 0.401 e. The van der Waals surface area contributed by atoms with E-state index in [-0.39, 0.29) is 6.54 Å². The maximum absolute atomic E-state index is 12.1. The van der Waals surface area contributed by atoms with E-state index in [4.69, 9.17) is 0 Å². The van der Waals surface area contributed by atoms with E-state index >= 15 is 0 Å². The van der Waals surface area contributed by atoms with E-state index < -0.39 is 18.3 Å². The average molecular weight is 213 g/mol. The number of nitrogens with zero attached hydrogens (tertiary/aromatic N) is 1. The van der Waals surface area contributed by atoms with Crippen LogP contribution in [-0.4, -0.2) is 41.4 Å². The maximum Gasteiger partial charge on any atom is 0.401 e. The van der Waals surface area contributed by atoms with Crippen LogP contribution in [-0.2, 0) is 0 Å². The molecule has 0 aromatic carbocycles. The molecule has 5 heteroatoms. The molecule has 0 bridgehead atoms. The van der Waals surface area contributed by atoms with E-state index in [1.165, 1.54) is 18.7 Å². The van der Waals surface area contributed by atoms with Gasteiger partial charge in [-0.1, -0.05) is 6.92 Å². The molecule has 14 heavy (non-hydrogen) atoms. The number of aliphatic hydroxyl groups is 1. The summed E-state index contributed by atoms with van der Waals surface area (Å²) in [4.78, 5) is 1.22. The van der Waals surface area contributed by atoms with Gasteiger partial charge in [-0.3, -0.25) is 4.90 Å². The summed E-state index contributed by atoms with van der Waals surface area (Å²) in [5.41, 5.74) is -1.08. The van der Waals surface area contributed by atoms with Crippen LogP contribution in [0.15, 0.2) is 0 Å². The molecule has 0 aliphatic heterocycles. The first-order chi connectivity index (χ1) is 6.14. The Bertz CT molecular complexity index is 146. The van der Waals surface area contributed by atoms with Gasteiger partial charge >= 0.3 is 6.18 Å². The SMILES string of the molecule is CCCN(CC(C)(C)O)CC(F)(F)F. The Kier molecular flexibility index (Phi) is 4.88. The van der Waals surface area contributed by atoms with Gasteiger partial charge < -0.3 is 5.11 Å². The second-order valence-corrected chi connectivity index (χ2v) is 4.14. The van der Waals surface area contributed by atoms with E-state index in [0.717, 1.165) is 0 Å². The van der Waals surface area contributed by atoms with Crippen molar-refractivity contribution in [2.24, 2.45) is 0 Å². The lowest BCUT2D eigenvalue weighted by molar-refractivity contribution is -0.151. The summed E-state index contributed by atoms with van der Waals surface area (Å²) in [7, 11) is 0. The Morgan fingerprint density at radius 3 is 1.93 bits per heavy atom. The third-order valence-electron chi connectivity index (χ3n) is 1.55. The van der Waals surface area contributed by atoms with Crippen LogP contribution in [0, 0.1) is 0 Å². The minimum absolute atomic E-state index is 0.0420. The zero-order chi connectivity index (χ0) is 11.4. The van der Waals surface area contributed by atoms with Gasteiger partial charge in [0.1, 0.15) is 0 Å². The summed E-state index contributed by atoms with van der Waals surface area (Å²) in [6, 6.07) is 0. The Balaban J connectivity index is 4.16. The molecule has 0 fully saturated rings. The monoisotopic (exact) mass is 213 g/mol. The predicted octanol–water partition coefficient (Wildman–Crippen LogP) is 2.03. The summed E-state index contributed by atoms with van der Waals surface area (Å²) >= 11 is 0. The highest BCUT2D eigenvalue weighted by Crippen LogP contribution is 2.18. The molecule has 0 aromatic rings. The molecular formula is C9H18F3NO. The minimum atomic E-state index is -4.19. The Morgan fingerprint density at radius 1 is 1.14 bits per heavy atom. The van der Waals surface area contributed by atoms with Gasteiger partial charge in [-0.05, 0) is 26.8 Å². The lowest BCUT2D eigenvalue weighted by Crippen LogP contribution is -2.43. The quantitative estimate of drug-likeness (QED) is 0.755. The third kappa shape index (κ3) is 8.31. The fraction of sp³-hybridized carbons (Fsp3) is 1.00. The van der Waals surface area contributed by atoms with E-state index in [0.29, 0.717) is 13.0 Å². The van der Waals surface area contributed by atoms with Crippen molar-refractivity contribution in [3.05, 3.63) is 0 Å². The molecule has 0 aromatic heterocycles. The summed E-state index contributed by atoms with van der Waals surface area (Å²) in [5, 5.41) is 9.40. The molecule has 0 rings (SSSR count). The van der Waals surface area contributed by atoms with E-state index in [1.54, 1.807) is 0 Å². The van der Waals surface area contributed by atoms with Gasteiger partial charge in [-0.25, -0.2) is 0 Å². The first-order valence-electron chi connectivity index (χ1n) is 4.65. The number of hydrogen-bond acceptors (Lipinski definition) is 2. The van der Waals surface area contributed by atoms with Crippen molar-refractivity contribution in [3.8, 4) is 0 Å². The van der Waals surface area contributed by atoms with Crippen molar-refractivity contribution in [2.75, 3.05) is 19.6 Å². The second kappa shape index (κ2) is 4.98. The first-order valence-corrected chi connectivity index (χ1v) is 4.65. The van der Waals surface area contributed by atoms with Gasteiger partial charge in [0.2, 0.25) is 0 Å². The van der Waals surface area contributed by atoms with E-state index in [1.807, 2.05) is 6.92 Å². The fourth-order valence-corrected chi connectivity index (χ4v) is 1.33. The van der Waals surface area contributed by atoms with Crippen molar-refractivity contribution < 1.29 is 18.3 Å². The number of rotatable bonds is 5. The highest BCUT2D eigenvalue weighted by molar-refractivity contribution is 4.73. The van der Waals surface area contributed by atoms with Crippen LogP contribution >= 0.6 is 0 Å². The maximum atomic E-state index is 12.1. The molecule has 0 spiro atoms. The molecule has 2 nitrogen and oxygen atoms in total. The molecule has 1 N–H and O–H groups in total. The topological polar surface area (TPSA) is 23.5 Å². The van der Waals surface area contributed by atoms with Crippen molar-refractivity contribution in [2.45, 2.75) is 39.0 Å². The van der Waals surface area contributed by atoms with Gasteiger partial charge in [-0.15, -0.1) is 0 Å². The molecule has 0 saturated heterocycles. The van der Waals surface area contributed by atoms with Crippen molar-refractivity contribution in [1.82, 2.24) is 4.90 Å². The molecular weight excluding hydrogens is 195 g/mol. The highest BCUT2D eigenvalue weighted by Gasteiger charge is 2.32. The molecule has 0 aliphatic rings. The van der Waals surface area contributed by atoms with Gasteiger partial charge in [0.25, 0.3) is 0 Å². The lowest BCUT2D eigenvalue weighted by atomic mass is 10.1. The highest BCUT2D eigenvalue weighted by atomic mass is 19.4. The standard InChI is InChI=1S/C9H18F3NO/c1-4-5-13(6-8(2,3)14)7-9(10,11)12/h14H,4-7H2,1-3H3. The molecule has 0 amide bonds. The molecule has 0 radical (unpaired) electrons. The van der Waals surface area contributed by atoms with Crippen LogP contribution in [0.2, 0.25) is 0 Å². The third-order valence-corrected chi connectivity index (χ3v) is 1.55. The molecule has 0 aliphatic carbocycles. The van der Waals surface area contributed by atoms with E-state index in [9.17, 15) is 18.3 Å². The van der Waals surface area contributed by atoms with Crippen molar-refractivity contribution in [3.63, 3.8) is 0 Å². The van der Waals surface area contributed by atoms with Crippen molar-refractivity contribution >= 4 is 0 Å². The zero-order valence-electron chi connectivity index (χ0n) is 8.86. The molecule has 0 atom stereocenters. The van der Waals surface area contributed by atoms with E-state index in [2.05, 4.69) is 0 Å². The lowest BCUT2D eigenvalue weighted by Gasteiger charge is -2.29. The Labute approximate surface area is 82.7 Å².